The van der Waals surface area contributed by atoms with Crippen molar-refractivity contribution in [2.75, 3.05) is 19.6 Å². The fourth-order valence-electron chi connectivity index (χ4n) is 3.69. The highest BCUT2D eigenvalue weighted by molar-refractivity contribution is 5.79. The fourth-order valence-corrected chi connectivity index (χ4v) is 3.69. The molecule has 0 saturated carbocycles. The number of hydrogen-bond donors (Lipinski definition) is 1. The van der Waals surface area contributed by atoms with Gasteiger partial charge in [0.2, 0.25) is 5.91 Å². The van der Waals surface area contributed by atoms with Gasteiger partial charge in [0, 0.05) is 26.2 Å². The van der Waals surface area contributed by atoms with Crippen LogP contribution in [0, 0.1) is 17.6 Å². The molecular formula is C22H24F2N2O. The molecule has 3 nitrogen and oxygen atoms in total. The number of amides is 1. The Morgan fingerprint density at radius 1 is 1.15 bits per heavy atom. The van der Waals surface area contributed by atoms with Crippen LogP contribution in [0.4, 0.5) is 8.78 Å². The highest BCUT2D eigenvalue weighted by atomic mass is 19.2. The molecule has 5 heteroatoms. The highest BCUT2D eigenvalue weighted by Crippen LogP contribution is 2.31. The quantitative estimate of drug-likeness (QED) is 0.783. The minimum atomic E-state index is -0.846. The Morgan fingerprint density at radius 3 is 2.63 bits per heavy atom. The summed E-state index contributed by atoms with van der Waals surface area (Å²) in [5, 5.41) is 2.88. The molecule has 0 aromatic heterocycles. The number of nitrogens with zero attached hydrogens (tertiary/aromatic N) is 1. The Balaban J connectivity index is 1.77. The van der Waals surface area contributed by atoms with Crippen molar-refractivity contribution in [1.82, 2.24) is 10.2 Å². The van der Waals surface area contributed by atoms with Crippen LogP contribution >= 0.6 is 0 Å². The molecule has 0 radical (unpaired) electrons. The summed E-state index contributed by atoms with van der Waals surface area (Å²) in [5.74, 6) is -1.63. The molecule has 0 bridgehead atoms. The maximum atomic E-state index is 13.6. The molecule has 1 amide bonds. The Morgan fingerprint density at radius 2 is 1.93 bits per heavy atom. The Kier molecular flexibility index (Phi) is 6.35. The third kappa shape index (κ3) is 5.01. The van der Waals surface area contributed by atoms with E-state index in [0.717, 1.165) is 19.0 Å². The first-order chi connectivity index (χ1) is 13.1. The molecule has 2 atom stereocenters. The molecule has 1 saturated heterocycles. The lowest BCUT2D eigenvalue weighted by Crippen LogP contribution is -2.45. The number of carbonyl (C=O) groups is 1. The van der Waals surface area contributed by atoms with Crippen LogP contribution in [0.1, 0.15) is 23.5 Å². The van der Waals surface area contributed by atoms with E-state index >= 15 is 0 Å². The largest absolute Gasteiger partial charge is 0.352 e. The van der Waals surface area contributed by atoms with Gasteiger partial charge in [-0.1, -0.05) is 42.5 Å². The van der Waals surface area contributed by atoms with Crippen molar-refractivity contribution < 1.29 is 13.6 Å². The van der Waals surface area contributed by atoms with E-state index in [9.17, 15) is 13.6 Å². The lowest BCUT2D eigenvalue weighted by atomic mass is 9.84. The molecule has 1 heterocycles. The van der Waals surface area contributed by atoms with Gasteiger partial charge in [-0.05, 0) is 35.6 Å². The summed E-state index contributed by atoms with van der Waals surface area (Å²) >= 11 is 0. The van der Waals surface area contributed by atoms with Crippen molar-refractivity contribution in [3.63, 3.8) is 0 Å². The maximum Gasteiger partial charge on any atom is 0.224 e. The van der Waals surface area contributed by atoms with E-state index in [2.05, 4.69) is 28.9 Å². The second-order valence-corrected chi connectivity index (χ2v) is 7.02. The van der Waals surface area contributed by atoms with Crippen molar-refractivity contribution in [1.29, 1.82) is 0 Å². The topological polar surface area (TPSA) is 32.3 Å². The number of carbonyl (C=O) groups excluding carboxylic acids is 1. The van der Waals surface area contributed by atoms with Crippen molar-refractivity contribution in [3.8, 4) is 0 Å². The van der Waals surface area contributed by atoms with Gasteiger partial charge in [0.05, 0.1) is 5.92 Å². The fraction of sp³-hybridized carbons (Fsp3) is 0.318. The SMILES string of the molecule is C=CCNC(=O)C1CC(c2ccccc2)CN(Cc2ccc(F)c(F)c2)C1. The first kappa shape index (κ1) is 19.2. The molecule has 3 rings (SSSR count). The van der Waals surface area contributed by atoms with Gasteiger partial charge in [0.15, 0.2) is 11.6 Å². The number of hydrogen-bond acceptors (Lipinski definition) is 2. The smallest absolute Gasteiger partial charge is 0.224 e. The van der Waals surface area contributed by atoms with Gasteiger partial charge >= 0.3 is 0 Å². The Labute approximate surface area is 158 Å². The molecular weight excluding hydrogens is 346 g/mol. The lowest BCUT2D eigenvalue weighted by Gasteiger charge is -2.37. The number of nitrogens with one attached hydrogen (secondary N) is 1. The van der Waals surface area contributed by atoms with E-state index in [4.69, 9.17) is 0 Å². The summed E-state index contributed by atoms with van der Waals surface area (Å²) in [5.41, 5.74) is 1.89. The number of piperidine rings is 1. The molecule has 142 valence electrons. The normalized spacial score (nSPS) is 20.2. The van der Waals surface area contributed by atoms with Crippen molar-refractivity contribution >= 4 is 5.91 Å². The maximum absolute atomic E-state index is 13.6. The van der Waals surface area contributed by atoms with E-state index in [1.54, 1.807) is 12.1 Å². The predicted octanol–water partition coefficient (Wildman–Crippen LogP) is 3.87. The standard InChI is InChI=1S/C22H24F2N2O/c1-2-10-25-22(27)19-12-18(17-6-4-3-5-7-17)14-26(15-19)13-16-8-9-20(23)21(24)11-16/h2-9,11,18-19H,1,10,12-15H2,(H,25,27). The Hall–Kier alpha value is -2.53. The second-order valence-electron chi connectivity index (χ2n) is 7.02. The zero-order valence-electron chi connectivity index (χ0n) is 15.2. The third-order valence-corrected chi connectivity index (χ3v) is 4.98. The van der Waals surface area contributed by atoms with Gasteiger partial charge in [0.1, 0.15) is 0 Å². The number of likely N-dealkylation sites (tertiary alicyclic amines) is 1. The molecule has 2 unspecified atom stereocenters. The minimum Gasteiger partial charge on any atom is -0.352 e. The molecule has 1 fully saturated rings. The van der Waals surface area contributed by atoms with E-state index in [-0.39, 0.29) is 17.7 Å². The second kappa shape index (κ2) is 8.91. The molecule has 1 N–H and O–H groups in total. The lowest BCUT2D eigenvalue weighted by molar-refractivity contribution is -0.126. The highest BCUT2D eigenvalue weighted by Gasteiger charge is 2.32. The summed E-state index contributed by atoms with van der Waals surface area (Å²) < 4.78 is 26.7. The van der Waals surface area contributed by atoms with Crippen LogP contribution in [0.2, 0.25) is 0 Å². The van der Waals surface area contributed by atoms with Crippen LogP contribution in [-0.4, -0.2) is 30.4 Å². The van der Waals surface area contributed by atoms with Crippen molar-refractivity contribution in [2.45, 2.75) is 18.9 Å². The van der Waals surface area contributed by atoms with Gasteiger partial charge in [-0.3, -0.25) is 9.69 Å². The average molecular weight is 370 g/mol. The predicted molar refractivity (Wildman–Crippen MR) is 102 cm³/mol. The number of rotatable bonds is 6. The average Bonchev–Trinajstić information content (AvgIpc) is 2.69. The van der Waals surface area contributed by atoms with Crippen LogP contribution in [0.25, 0.3) is 0 Å². The van der Waals surface area contributed by atoms with E-state index in [1.807, 2.05) is 18.2 Å². The first-order valence-corrected chi connectivity index (χ1v) is 9.16. The van der Waals surface area contributed by atoms with E-state index in [0.29, 0.717) is 25.2 Å². The van der Waals surface area contributed by atoms with Crippen molar-refractivity contribution in [2.24, 2.45) is 5.92 Å². The van der Waals surface area contributed by atoms with Crippen LogP contribution in [-0.2, 0) is 11.3 Å². The molecule has 2 aromatic carbocycles. The summed E-state index contributed by atoms with van der Waals surface area (Å²) in [6.45, 7) is 5.91. The molecule has 1 aliphatic heterocycles. The van der Waals surface area contributed by atoms with Crippen LogP contribution in [0.3, 0.4) is 0 Å². The summed E-state index contributed by atoms with van der Waals surface area (Å²) in [6.07, 6.45) is 2.43. The zero-order chi connectivity index (χ0) is 19.2. The monoisotopic (exact) mass is 370 g/mol. The molecule has 1 aliphatic rings. The molecule has 27 heavy (non-hydrogen) atoms. The van der Waals surface area contributed by atoms with Crippen LogP contribution < -0.4 is 5.32 Å². The van der Waals surface area contributed by atoms with Gasteiger partial charge in [-0.2, -0.15) is 0 Å². The molecule has 0 spiro atoms. The summed E-state index contributed by atoms with van der Waals surface area (Å²) in [6, 6.07) is 14.1. The van der Waals surface area contributed by atoms with E-state index in [1.165, 1.54) is 11.6 Å². The van der Waals surface area contributed by atoms with E-state index < -0.39 is 11.6 Å². The summed E-state index contributed by atoms with van der Waals surface area (Å²) in [7, 11) is 0. The molecule has 2 aromatic rings. The van der Waals surface area contributed by atoms with Crippen molar-refractivity contribution in [3.05, 3.63) is 83.9 Å². The van der Waals surface area contributed by atoms with Gasteiger partial charge in [-0.25, -0.2) is 8.78 Å². The van der Waals surface area contributed by atoms with Crippen LogP contribution in [0.15, 0.2) is 61.2 Å². The zero-order valence-corrected chi connectivity index (χ0v) is 15.2. The number of benzene rings is 2. The third-order valence-electron chi connectivity index (χ3n) is 4.98. The first-order valence-electron chi connectivity index (χ1n) is 9.16. The van der Waals surface area contributed by atoms with Gasteiger partial charge < -0.3 is 5.32 Å². The number of halogens is 2. The van der Waals surface area contributed by atoms with Gasteiger partial charge in [0.25, 0.3) is 0 Å². The minimum absolute atomic E-state index is 0.00539. The summed E-state index contributed by atoms with van der Waals surface area (Å²) in [4.78, 5) is 14.7. The molecule has 0 aliphatic carbocycles. The van der Waals surface area contributed by atoms with Crippen LogP contribution in [0.5, 0.6) is 0 Å². The Bertz CT molecular complexity index is 794. The van der Waals surface area contributed by atoms with Gasteiger partial charge in [-0.15, -0.1) is 6.58 Å².